The Morgan fingerprint density at radius 3 is 2.83 bits per heavy atom. The first kappa shape index (κ1) is 18.9. The summed E-state index contributed by atoms with van der Waals surface area (Å²) in [5, 5.41) is 3.47. The van der Waals surface area contributed by atoms with Crippen LogP contribution in [0.2, 0.25) is 0 Å². The number of nitrogens with one attached hydrogen (secondary N) is 1. The molecule has 2 aromatic heterocycles. The Balaban J connectivity index is 1.18. The van der Waals surface area contributed by atoms with Crippen LogP contribution in [0.1, 0.15) is 6.42 Å². The van der Waals surface area contributed by atoms with E-state index in [4.69, 9.17) is 0 Å². The molecular formula is C20H27N7OS. The zero-order valence-electron chi connectivity index (χ0n) is 16.5. The molecule has 29 heavy (non-hydrogen) atoms. The van der Waals surface area contributed by atoms with Crippen molar-refractivity contribution in [2.24, 2.45) is 0 Å². The van der Waals surface area contributed by atoms with Gasteiger partial charge in [-0.2, -0.15) is 0 Å². The summed E-state index contributed by atoms with van der Waals surface area (Å²) in [4.78, 5) is 28.4. The van der Waals surface area contributed by atoms with Gasteiger partial charge in [0, 0.05) is 69.7 Å². The van der Waals surface area contributed by atoms with Gasteiger partial charge in [0.15, 0.2) is 0 Å². The van der Waals surface area contributed by atoms with Crippen LogP contribution in [0.15, 0.2) is 36.9 Å². The molecule has 0 bridgehead atoms. The van der Waals surface area contributed by atoms with Crippen LogP contribution in [-0.4, -0.2) is 93.2 Å². The summed E-state index contributed by atoms with van der Waals surface area (Å²) in [6.45, 7) is 5.67. The van der Waals surface area contributed by atoms with E-state index in [2.05, 4.69) is 35.7 Å². The molecule has 3 fully saturated rings. The molecule has 1 amide bonds. The van der Waals surface area contributed by atoms with E-state index >= 15 is 0 Å². The standard InChI is InChI=1S/C20H27N7OS/c28-19(26-10-11-29-15-26)18-12-17(14-23-18)24-6-8-25(9-7-24)20-22-4-5-27(20)16-2-1-3-21-13-16/h1-5,13,17-18,23H,6-12,14-15H2/t17-,18-/m0/s1. The van der Waals surface area contributed by atoms with Crippen molar-refractivity contribution in [3.8, 4) is 5.69 Å². The molecule has 154 valence electrons. The minimum atomic E-state index is -0.0128. The molecule has 3 aliphatic heterocycles. The largest absolute Gasteiger partial charge is 0.339 e. The minimum absolute atomic E-state index is 0.0128. The second-order valence-electron chi connectivity index (χ2n) is 7.82. The zero-order chi connectivity index (χ0) is 19.6. The number of thioether (sulfide) groups is 1. The van der Waals surface area contributed by atoms with Crippen molar-refractivity contribution in [3.63, 3.8) is 0 Å². The molecule has 2 atom stereocenters. The second-order valence-corrected chi connectivity index (χ2v) is 8.90. The van der Waals surface area contributed by atoms with Crippen LogP contribution in [0, 0.1) is 0 Å². The Morgan fingerprint density at radius 1 is 1.17 bits per heavy atom. The number of imidazole rings is 1. The number of pyridine rings is 1. The van der Waals surface area contributed by atoms with Gasteiger partial charge in [-0.05, 0) is 18.6 Å². The summed E-state index contributed by atoms with van der Waals surface area (Å²) >= 11 is 1.85. The number of hydrogen-bond donors (Lipinski definition) is 1. The maximum atomic E-state index is 12.7. The number of carbonyl (C=O) groups is 1. The molecule has 1 N–H and O–H groups in total. The monoisotopic (exact) mass is 413 g/mol. The molecule has 0 unspecified atom stereocenters. The number of aromatic nitrogens is 3. The van der Waals surface area contributed by atoms with E-state index in [9.17, 15) is 4.79 Å². The summed E-state index contributed by atoms with van der Waals surface area (Å²) in [6.07, 6.45) is 8.41. The van der Waals surface area contributed by atoms with Crippen molar-refractivity contribution in [2.45, 2.75) is 18.5 Å². The summed E-state index contributed by atoms with van der Waals surface area (Å²) in [5.74, 6) is 3.18. The van der Waals surface area contributed by atoms with E-state index in [-0.39, 0.29) is 11.9 Å². The molecule has 0 aromatic carbocycles. The first-order valence-corrected chi connectivity index (χ1v) is 11.5. The minimum Gasteiger partial charge on any atom is -0.339 e. The third-order valence-corrected chi connectivity index (χ3v) is 7.09. The highest BCUT2D eigenvalue weighted by atomic mass is 32.2. The van der Waals surface area contributed by atoms with Crippen molar-refractivity contribution in [1.29, 1.82) is 0 Å². The number of carbonyl (C=O) groups excluding carboxylic acids is 1. The van der Waals surface area contributed by atoms with Gasteiger partial charge in [0.05, 0.1) is 23.8 Å². The van der Waals surface area contributed by atoms with Crippen molar-refractivity contribution in [1.82, 2.24) is 29.7 Å². The lowest BCUT2D eigenvalue weighted by Gasteiger charge is -2.38. The van der Waals surface area contributed by atoms with E-state index in [1.807, 2.05) is 41.3 Å². The van der Waals surface area contributed by atoms with Crippen LogP contribution in [0.5, 0.6) is 0 Å². The van der Waals surface area contributed by atoms with Gasteiger partial charge in [0.1, 0.15) is 0 Å². The fourth-order valence-electron chi connectivity index (χ4n) is 4.51. The van der Waals surface area contributed by atoms with Crippen LogP contribution in [-0.2, 0) is 4.79 Å². The average Bonchev–Trinajstić information content (AvgIpc) is 3.56. The van der Waals surface area contributed by atoms with Gasteiger partial charge < -0.3 is 15.1 Å². The van der Waals surface area contributed by atoms with Gasteiger partial charge in [-0.15, -0.1) is 11.8 Å². The van der Waals surface area contributed by atoms with Crippen molar-refractivity contribution < 1.29 is 4.79 Å². The molecule has 5 heterocycles. The molecule has 3 aliphatic rings. The maximum absolute atomic E-state index is 12.7. The molecule has 8 nitrogen and oxygen atoms in total. The van der Waals surface area contributed by atoms with Crippen LogP contribution in [0.3, 0.4) is 0 Å². The summed E-state index contributed by atoms with van der Waals surface area (Å²) < 4.78 is 2.10. The highest BCUT2D eigenvalue weighted by Gasteiger charge is 2.36. The van der Waals surface area contributed by atoms with Crippen LogP contribution in [0.25, 0.3) is 5.69 Å². The summed E-state index contributed by atoms with van der Waals surface area (Å²) in [6, 6.07) is 4.43. The van der Waals surface area contributed by atoms with E-state index in [1.54, 1.807) is 6.20 Å². The Hall–Kier alpha value is -2.10. The number of piperazine rings is 1. The second kappa shape index (κ2) is 8.33. The quantitative estimate of drug-likeness (QED) is 0.789. The average molecular weight is 414 g/mol. The number of nitrogens with zero attached hydrogens (tertiary/aromatic N) is 6. The fourth-order valence-corrected chi connectivity index (χ4v) is 5.46. The first-order chi connectivity index (χ1) is 14.3. The normalized spacial score (nSPS) is 25.7. The number of hydrogen-bond acceptors (Lipinski definition) is 7. The third kappa shape index (κ3) is 3.86. The van der Waals surface area contributed by atoms with E-state index in [0.717, 1.165) is 69.0 Å². The van der Waals surface area contributed by atoms with Gasteiger partial charge in [-0.1, -0.05) is 0 Å². The Bertz CT molecular complexity index is 830. The SMILES string of the molecule is O=C([C@@H]1C[C@H](N2CCN(c3nccn3-c3cccnc3)CC2)CN1)N1CCSC1. The zero-order valence-corrected chi connectivity index (χ0v) is 17.3. The molecule has 5 rings (SSSR count). The lowest BCUT2D eigenvalue weighted by molar-refractivity contribution is -0.131. The molecule has 0 spiro atoms. The summed E-state index contributed by atoms with van der Waals surface area (Å²) in [7, 11) is 0. The van der Waals surface area contributed by atoms with Gasteiger partial charge >= 0.3 is 0 Å². The lowest BCUT2D eigenvalue weighted by Crippen LogP contribution is -2.51. The number of rotatable bonds is 4. The van der Waals surface area contributed by atoms with E-state index < -0.39 is 0 Å². The van der Waals surface area contributed by atoms with Crippen molar-refractivity contribution in [3.05, 3.63) is 36.9 Å². The third-order valence-electron chi connectivity index (χ3n) is 6.13. The maximum Gasteiger partial charge on any atom is 0.240 e. The van der Waals surface area contributed by atoms with Crippen LogP contribution in [0.4, 0.5) is 5.95 Å². The van der Waals surface area contributed by atoms with E-state index in [1.165, 1.54) is 0 Å². The lowest BCUT2D eigenvalue weighted by atomic mass is 10.1. The van der Waals surface area contributed by atoms with Crippen molar-refractivity contribution >= 4 is 23.6 Å². The predicted octanol–water partition coefficient (Wildman–Crippen LogP) is 0.653. The smallest absolute Gasteiger partial charge is 0.240 e. The van der Waals surface area contributed by atoms with Gasteiger partial charge in [0.25, 0.3) is 0 Å². The molecule has 9 heteroatoms. The summed E-state index contributed by atoms with van der Waals surface area (Å²) in [5.41, 5.74) is 1.03. The van der Waals surface area contributed by atoms with E-state index in [0.29, 0.717) is 6.04 Å². The van der Waals surface area contributed by atoms with Gasteiger partial charge in [-0.25, -0.2) is 4.98 Å². The topological polar surface area (TPSA) is 69.5 Å². The Kier molecular flexibility index (Phi) is 5.43. The Labute approximate surface area is 175 Å². The fraction of sp³-hybridized carbons (Fsp3) is 0.550. The number of amides is 1. The molecule has 0 aliphatic carbocycles. The van der Waals surface area contributed by atoms with Gasteiger partial charge in [-0.3, -0.25) is 19.2 Å². The highest BCUT2D eigenvalue weighted by molar-refractivity contribution is 7.99. The van der Waals surface area contributed by atoms with Gasteiger partial charge in [0.2, 0.25) is 11.9 Å². The number of anilines is 1. The molecule has 0 saturated carbocycles. The highest BCUT2D eigenvalue weighted by Crippen LogP contribution is 2.23. The van der Waals surface area contributed by atoms with Crippen LogP contribution >= 0.6 is 11.8 Å². The van der Waals surface area contributed by atoms with Crippen LogP contribution < -0.4 is 10.2 Å². The Morgan fingerprint density at radius 2 is 2.07 bits per heavy atom. The molecule has 0 radical (unpaired) electrons. The van der Waals surface area contributed by atoms with Crippen molar-refractivity contribution in [2.75, 3.05) is 55.8 Å². The molecule has 2 aromatic rings. The predicted molar refractivity (Wildman–Crippen MR) is 114 cm³/mol. The molecule has 3 saturated heterocycles. The molecular weight excluding hydrogens is 386 g/mol. The first-order valence-electron chi connectivity index (χ1n) is 10.3.